The molecule has 0 aliphatic carbocycles. The van der Waals surface area contributed by atoms with Gasteiger partial charge in [0.05, 0.1) is 6.04 Å². The Bertz CT molecular complexity index is 551. The predicted molar refractivity (Wildman–Crippen MR) is 70.9 cm³/mol. The molecular formula is C13H17N5O. The predicted octanol–water partition coefficient (Wildman–Crippen LogP) is 0.692. The van der Waals surface area contributed by atoms with Crippen LogP contribution in [-0.2, 0) is 11.8 Å². The van der Waals surface area contributed by atoms with Gasteiger partial charge in [-0.3, -0.25) is 4.79 Å². The lowest BCUT2D eigenvalue weighted by molar-refractivity contribution is -0.123. The number of amides is 1. The minimum atomic E-state index is -0.683. The number of rotatable bonds is 4. The SMILES string of the molecule is CC(NC(=O)[C@H](N)c1ccccc1)c1nncn1C. The molecule has 1 amide bonds. The Balaban J connectivity index is 2.04. The van der Waals surface area contributed by atoms with Crippen LogP contribution in [0.15, 0.2) is 36.7 Å². The lowest BCUT2D eigenvalue weighted by Crippen LogP contribution is -2.36. The Morgan fingerprint density at radius 2 is 2.05 bits per heavy atom. The number of aryl methyl sites for hydroxylation is 1. The van der Waals surface area contributed by atoms with E-state index in [9.17, 15) is 4.79 Å². The van der Waals surface area contributed by atoms with Crippen LogP contribution in [0.3, 0.4) is 0 Å². The number of nitrogens with one attached hydrogen (secondary N) is 1. The molecule has 0 spiro atoms. The van der Waals surface area contributed by atoms with Crippen molar-refractivity contribution in [1.82, 2.24) is 20.1 Å². The largest absolute Gasteiger partial charge is 0.345 e. The lowest BCUT2D eigenvalue weighted by atomic mass is 10.1. The van der Waals surface area contributed by atoms with E-state index in [-0.39, 0.29) is 11.9 Å². The molecule has 100 valence electrons. The molecule has 0 aliphatic rings. The fraction of sp³-hybridized carbons (Fsp3) is 0.308. The Labute approximate surface area is 111 Å². The topological polar surface area (TPSA) is 85.8 Å². The monoisotopic (exact) mass is 259 g/mol. The summed E-state index contributed by atoms with van der Waals surface area (Å²) in [6.07, 6.45) is 1.59. The second kappa shape index (κ2) is 5.62. The summed E-state index contributed by atoms with van der Waals surface area (Å²) >= 11 is 0. The van der Waals surface area contributed by atoms with Gasteiger partial charge in [0.1, 0.15) is 12.4 Å². The van der Waals surface area contributed by atoms with Gasteiger partial charge in [-0.05, 0) is 12.5 Å². The van der Waals surface area contributed by atoms with Crippen molar-refractivity contribution >= 4 is 5.91 Å². The highest BCUT2D eigenvalue weighted by Crippen LogP contribution is 2.13. The Morgan fingerprint density at radius 1 is 1.37 bits per heavy atom. The molecule has 0 saturated carbocycles. The van der Waals surface area contributed by atoms with Crippen molar-refractivity contribution < 1.29 is 4.79 Å². The average Bonchev–Trinajstić information content (AvgIpc) is 2.85. The van der Waals surface area contributed by atoms with Gasteiger partial charge in [0.2, 0.25) is 5.91 Å². The van der Waals surface area contributed by atoms with E-state index in [2.05, 4.69) is 15.5 Å². The van der Waals surface area contributed by atoms with Crippen molar-refractivity contribution in [1.29, 1.82) is 0 Å². The van der Waals surface area contributed by atoms with E-state index in [1.54, 1.807) is 10.9 Å². The summed E-state index contributed by atoms with van der Waals surface area (Å²) in [6, 6.07) is 8.33. The fourth-order valence-corrected chi connectivity index (χ4v) is 1.86. The van der Waals surface area contributed by atoms with Gasteiger partial charge in [0, 0.05) is 7.05 Å². The number of aromatic nitrogens is 3. The molecule has 1 unspecified atom stereocenters. The van der Waals surface area contributed by atoms with E-state index in [4.69, 9.17) is 5.73 Å². The first kappa shape index (κ1) is 13.2. The maximum atomic E-state index is 12.1. The molecule has 0 fully saturated rings. The Kier molecular flexibility index (Phi) is 3.91. The van der Waals surface area contributed by atoms with E-state index in [1.807, 2.05) is 44.3 Å². The zero-order valence-electron chi connectivity index (χ0n) is 10.9. The normalized spacial score (nSPS) is 13.8. The van der Waals surface area contributed by atoms with Crippen molar-refractivity contribution in [3.63, 3.8) is 0 Å². The molecular weight excluding hydrogens is 242 g/mol. The standard InChI is InChI=1S/C13H17N5O/c1-9(12-17-15-8-18(12)2)16-13(19)11(14)10-6-4-3-5-7-10/h3-9,11H,14H2,1-2H3,(H,16,19)/t9?,11-/m1/s1. The minimum Gasteiger partial charge on any atom is -0.345 e. The van der Waals surface area contributed by atoms with Gasteiger partial charge in [-0.15, -0.1) is 10.2 Å². The Morgan fingerprint density at radius 3 is 2.63 bits per heavy atom. The van der Waals surface area contributed by atoms with E-state index in [1.165, 1.54) is 0 Å². The van der Waals surface area contributed by atoms with Gasteiger partial charge in [-0.2, -0.15) is 0 Å². The second-order valence-corrected chi connectivity index (χ2v) is 4.42. The van der Waals surface area contributed by atoms with Gasteiger partial charge in [-0.1, -0.05) is 30.3 Å². The van der Waals surface area contributed by atoms with Crippen molar-refractivity contribution in [3.8, 4) is 0 Å². The first-order chi connectivity index (χ1) is 9.09. The van der Waals surface area contributed by atoms with E-state index >= 15 is 0 Å². The van der Waals surface area contributed by atoms with Crippen LogP contribution in [0.5, 0.6) is 0 Å². The number of nitrogens with two attached hydrogens (primary N) is 1. The molecule has 0 bridgehead atoms. The number of hydrogen-bond donors (Lipinski definition) is 2. The number of benzene rings is 1. The number of carbonyl (C=O) groups is 1. The zero-order valence-corrected chi connectivity index (χ0v) is 10.9. The fourth-order valence-electron chi connectivity index (χ4n) is 1.86. The third-order valence-electron chi connectivity index (χ3n) is 2.93. The maximum Gasteiger partial charge on any atom is 0.242 e. The summed E-state index contributed by atoms with van der Waals surface area (Å²) in [5.74, 6) is 0.454. The summed E-state index contributed by atoms with van der Waals surface area (Å²) in [6.45, 7) is 1.85. The van der Waals surface area contributed by atoms with E-state index in [0.29, 0.717) is 5.82 Å². The van der Waals surface area contributed by atoms with Crippen LogP contribution in [0, 0.1) is 0 Å². The van der Waals surface area contributed by atoms with Crippen molar-refractivity contribution in [2.45, 2.75) is 19.0 Å². The number of carbonyl (C=O) groups excluding carboxylic acids is 1. The second-order valence-electron chi connectivity index (χ2n) is 4.42. The number of hydrogen-bond acceptors (Lipinski definition) is 4. The van der Waals surface area contributed by atoms with Crippen molar-refractivity contribution in [3.05, 3.63) is 48.0 Å². The van der Waals surface area contributed by atoms with Crippen LogP contribution >= 0.6 is 0 Å². The molecule has 1 heterocycles. The molecule has 19 heavy (non-hydrogen) atoms. The number of nitrogens with zero attached hydrogens (tertiary/aromatic N) is 3. The third-order valence-corrected chi connectivity index (χ3v) is 2.93. The van der Waals surface area contributed by atoms with Gasteiger partial charge in [0.15, 0.2) is 5.82 Å². The van der Waals surface area contributed by atoms with Crippen LogP contribution in [0.2, 0.25) is 0 Å². The highest BCUT2D eigenvalue weighted by molar-refractivity contribution is 5.83. The molecule has 1 aromatic carbocycles. The minimum absolute atomic E-state index is 0.235. The van der Waals surface area contributed by atoms with Crippen molar-refractivity contribution in [2.75, 3.05) is 0 Å². The van der Waals surface area contributed by atoms with Crippen LogP contribution < -0.4 is 11.1 Å². The molecule has 1 aromatic heterocycles. The average molecular weight is 259 g/mol. The maximum absolute atomic E-state index is 12.1. The summed E-state index contributed by atoms with van der Waals surface area (Å²) in [5.41, 5.74) is 6.71. The first-order valence-corrected chi connectivity index (χ1v) is 6.04. The van der Waals surface area contributed by atoms with Gasteiger partial charge in [0.25, 0.3) is 0 Å². The van der Waals surface area contributed by atoms with Gasteiger partial charge in [-0.25, -0.2) is 0 Å². The summed E-state index contributed by atoms with van der Waals surface area (Å²) in [7, 11) is 1.83. The highest BCUT2D eigenvalue weighted by atomic mass is 16.2. The summed E-state index contributed by atoms with van der Waals surface area (Å²) in [5, 5.41) is 10.6. The van der Waals surface area contributed by atoms with E-state index < -0.39 is 6.04 Å². The first-order valence-electron chi connectivity index (χ1n) is 6.04. The lowest BCUT2D eigenvalue weighted by Gasteiger charge is -2.17. The zero-order chi connectivity index (χ0) is 13.8. The third kappa shape index (κ3) is 2.97. The van der Waals surface area contributed by atoms with Gasteiger partial charge >= 0.3 is 0 Å². The quantitative estimate of drug-likeness (QED) is 0.846. The van der Waals surface area contributed by atoms with Crippen LogP contribution in [0.25, 0.3) is 0 Å². The summed E-state index contributed by atoms with van der Waals surface area (Å²) in [4.78, 5) is 12.1. The molecule has 0 saturated heterocycles. The smallest absolute Gasteiger partial charge is 0.242 e. The Hall–Kier alpha value is -2.21. The van der Waals surface area contributed by atoms with E-state index in [0.717, 1.165) is 5.56 Å². The molecule has 2 aromatic rings. The molecule has 3 N–H and O–H groups in total. The molecule has 0 aliphatic heterocycles. The van der Waals surface area contributed by atoms with Crippen LogP contribution in [0.1, 0.15) is 30.4 Å². The van der Waals surface area contributed by atoms with Crippen LogP contribution in [-0.4, -0.2) is 20.7 Å². The molecule has 6 nitrogen and oxygen atoms in total. The molecule has 0 radical (unpaired) electrons. The highest BCUT2D eigenvalue weighted by Gasteiger charge is 2.20. The molecule has 6 heteroatoms. The van der Waals surface area contributed by atoms with Gasteiger partial charge < -0.3 is 15.6 Å². The molecule has 2 atom stereocenters. The van der Waals surface area contributed by atoms with Crippen molar-refractivity contribution in [2.24, 2.45) is 12.8 Å². The molecule has 2 rings (SSSR count). The van der Waals surface area contributed by atoms with Crippen LogP contribution in [0.4, 0.5) is 0 Å². The summed E-state index contributed by atoms with van der Waals surface area (Å²) < 4.78 is 1.76.